The van der Waals surface area contributed by atoms with Crippen LogP contribution >= 0.6 is 0 Å². The Morgan fingerprint density at radius 2 is 1.79 bits per heavy atom. The maximum Gasteiger partial charge on any atom is 0.230 e. The number of ether oxygens (including phenoxy) is 1. The Hall–Kier alpha value is -3.41. The van der Waals surface area contributed by atoms with E-state index in [9.17, 15) is 4.79 Å². The maximum atomic E-state index is 14.2. The van der Waals surface area contributed by atoms with E-state index in [4.69, 9.17) is 4.74 Å². The first-order valence-corrected chi connectivity index (χ1v) is 16.0. The van der Waals surface area contributed by atoms with Gasteiger partial charge in [0.2, 0.25) is 5.91 Å². The Morgan fingerprint density at radius 1 is 1.00 bits per heavy atom. The quantitative estimate of drug-likeness (QED) is 0.247. The molecule has 6 rings (SSSR count). The van der Waals surface area contributed by atoms with Crippen LogP contribution in [0.2, 0.25) is 0 Å². The molecule has 0 spiro atoms. The van der Waals surface area contributed by atoms with E-state index in [0.29, 0.717) is 29.7 Å². The molecule has 0 saturated heterocycles. The van der Waals surface area contributed by atoms with E-state index in [2.05, 4.69) is 81.5 Å². The zero-order valence-corrected chi connectivity index (χ0v) is 25.5. The smallest absolute Gasteiger partial charge is 0.230 e. The molecule has 0 unspecified atom stereocenters. The van der Waals surface area contributed by atoms with Gasteiger partial charge >= 0.3 is 0 Å². The zero-order valence-electron chi connectivity index (χ0n) is 25.5. The molecular formula is C36H46N4O2. The van der Waals surface area contributed by atoms with E-state index in [1.165, 1.54) is 36.8 Å². The van der Waals surface area contributed by atoms with Crippen LogP contribution in [0.4, 0.5) is 5.69 Å². The summed E-state index contributed by atoms with van der Waals surface area (Å²) in [4.78, 5) is 20.6. The average Bonchev–Trinajstić information content (AvgIpc) is 3.76. The van der Waals surface area contributed by atoms with Crippen LogP contribution in [0.3, 0.4) is 0 Å². The molecule has 3 aliphatic rings. The molecule has 1 amide bonds. The van der Waals surface area contributed by atoms with Crippen LogP contribution in [0.1, 0.15) is 87.3 Å². The lowest BCUT2D eigenvalue weighted by atomic mass is 9.77. The number of carbonyl (C=O) groups excluding carboxylic acids is 1. The van der Waals surface area contributed by atoms with Crippen LogP contribution in [0, 0.1) is 24.7 Å². The van der Waals surface area contributed by atoms with Crippen molar-refractivity contribution in [2.75, 3.05) is 25.6 Å². The molecule has 42 heavy (non-hydrogen) atoms. The molecule has 6 nitrogen and oxygen atoms in total. The highest BCUT2D eigenvalue weighted by Gasteiger charge is 2.33. The first kappa shape index (κ1) is 28.7. The van der Waals surface area contributed by atoms with Crippen LogP contribution in [0.15, 0.2) is 59.9 Å². The second kappa shape index (κ2) is 12.8. The van der Waals surface area contributed by atoms with Crippen LogP contribution in [0.5, 0.6) is 5.75 Å². The molecule has 3 fully saturated rings. The molecule has 1 heterocycles. The van der Waals surface area contributed by atoms with Gasteiger partial charge in [0, 0.05) is 43.2 Å². The monoisotopic (exact) mass is 566 g/mol. The third kappa shape index (κ3) is 6.48. The molecule has 3 aliphatic carbocycles. The highest BCUT2D eigenvalue weighted by molar-refractivity contribution is 5.95. The Balaban J connectivity index is 1.19. The van der Waals surface area contributed by atoms with Crippen molar-refractivity contribution in [3.8, 4) is 16.9 Å². The number of hydrogen-bond donors (Lipinski definition) is 0. The number of aliphatic imine (C=N–C) groups is 1. The number of amides is 1. The molecule has 0 atom stereocenters. The predicted octanol–water partition coefficient (Wildman–Crippen LogP) is 8.02. The molecule has 0 N–H and O–H groups in total. The van der Waals surface area contributed by atoms with Gasteiger partial charge in [-0.3, -0.25) is 9.48 Å². The minimum absolute atomic E-state index is 0.0893. The Labute approximate surface area is 251 Å². The first-order valence-electron chi connectivity index (χ1n) is 16.0. The SMILES string of the molecule is CN=CC1CCC(C(=O)N(CC2CCC(c3ccc(OC)c(C)c3)CC2)c2cccc(-c3cnn(C4CC4)c3)c2)CC1. The molecule has 0 aliphatic heterocycles. The van der Waals surface area contributed by atoms with Gasteiger partial charge in [-0.25, -0.2) is 0 Å². The fourth-order valence-corrected chi connectivity index (χ4v) is 7.24. The van der Waals surface area contributed by atoms with Gasteiger partial charge < -0.3 is 14.6 Å². The van der Waals surface area contributed by atoms with Crippen molar-refractivity contribution < 1.29 is 9.53 Å². The standard InChI is InChI=1S/C36H46N4O2/c1-25-19-31(15-18-35(25)42-3)28-11-9-27(10-12-28)23-39(36(41)29-13-7-26(8-14-29)21-37-2)34-6-4-5-30(20-34)32-22-38-40(24-32)33-16-17-33/h4-6,15,18-22,24,26-29,33H,7-14,16-17,23H2,1-3H3. The molecule has 1 aromatic heterocycles. The maximum absolute atomic E-state index is 14.2. The number of methoxy groups -OCH3 is 1. The third-order valence-corrected chi connectivity index (χ3v) is 9.94. The van der Waals surface area contributed by atoms with Gasteiger partial charge in [0.15, 0.2) is 0 Å². The number of aromatic nitrogens is 2. The lowest BCUT2D eigenvalue weighted by Gasteiger charge is -2.36. The number of anilines is 1. The van der Waals surface area contributed by atoms with Gasteiger partial charge in [0.05, 0.1) is 19.3 Å². The van der Waals surface area contributed by atoms with Crippen molar-refractivity contribution in [3.63, 3.8) is 0 Å². The second-order valence-corrected chi connectivity index (χ2v) is 12.9. The van der Waals surface area contributed by atoms with Crippen molar-refractivity contribution in [2.24, 2.45) is 22.7 Å². The van der Waals surface area contributed by atoms with E-state index in [0.717, 1.165) is 67.6 Å². The molecule has 0 bridgehead atoms. The Kier molecular flexibility index (Phi) is 8.78. The van der Waals surface area contributed by atoms with Crippen LogP contribution in [-0.2, 0) is 4.79 Å². The summed E-state index contributed by atoms with van der Waals surface area (Å²) in [5, 5.41) is 4.62. The summed E-state index contributed by atoms with van der Waals surface area (Å²) in [6.07, 6.45) is 17.3. The number of rotatable bonds is 9. The summed E-state index contributed by atoms with van der Waals surface area (Å²) < 4.78 is 7.59. The second-order valence-electron chi connectivity index (χ2n) is 12.9. The predicted molar refractivity (Wildman–Crippen MR) is 171 cm³/mol. The minimum atomic E-state index is 0.0893. The number of carbonyl (C=O) groups is 1. The van der Waals surface area contributed by atoms with E-state index >= 15 is 0 Å². The fraction of sp³-hybridized carbons (Fsp3) is 0.528. The Bertz CT molecular complexity index is 1390. The largest absolute Gasteiger partial charge is 0.496 e. The number of benzene rings is 2. The molecule has 6 heteroatoms. The molecule has 2 aromatic carbocycles. The zero-order chi connectivity index (χ0) is 29.1. The molecule has 222 valence electrons. The van der Waals surface area contributed by atoms with Gasteiger partial charge in [-0.2, -0.15) is 5.10 Å². The first-order chi connectivity index (χ1) is 20.5. The van der Waals surface area contributed by atoms with Gasteiger partial charge in [0.1, 0.15) is 5.75 Å². The van der Waals surface area contributed by atoms with Crippen molar-refractivity contribution in [1.82, 2.24) is 9.78 Å². The van der Waals surface area contributed by atoms with E-state index < -0.39 is 0 Å². The van der Waals surface area contributed by atoms with Crippen LogP contribution in [-0.4, -0.2) is 42.6 Å². The number of hydrogen-bond acceptors (Lipinski definition) is 4. The molecular weight excluding hydrogens is 520 g/mol. The molecule has 3 saturated carbocycles. The van der Waals surface area contributed by atoms with Gasteiger partial charge in [0.25, 0.3) is 0 Å². The Morgan fingerprint density at radius 3 is 2.48 bits per heavy atom. The summed E-state index contributed by atoms with van der Waals surface area (Å²) in [5.41, 5.74) is 5.93. The lowest BCUT2D eigenvalue weighted by molar-refractivity contribution is -0.123. The number of nitrogens with zero attached hydrogens (tertiary/aromatic N) is 4. The fourth-order valence-electron chi connectivity index (χ4n) is 7.24. The van der Waals surface area contributed by atoms with Gasteiger partial charge in [-0.15, -0.1) is 0 Å². The molecule has 0 radical (unpaired) electrons. The highest BCUT2D eigenvalue weighted by atomic mass is 16.5. The molecule has 3 aromatic rings. The van der Waals surface area contributed by atoms with Gasteiger partial charge in [-0.05, 0) is 124 Å². The summed E-state index contributed by atoms with van der Waals surface area (Å²) in [5.74, 6) is 2.95. The summed E-state index contributed by atoms with van der Waals surface area (Å²) >= 11 is 0. The number of aryl methyl sites for hydroxylation is 1. The van der Waals surface area contributed by atoms with Crippen molar-refractivity contribution in [3.05, 3.63) is 66.0 Å². The van der Waals surface area contributed by atoms with Crippen molar-refractivity contribution in [1.29, 1.82) is 0 Å². The average molecular weight is 567 g/mol. The normalized spacial score (nSPS) is 24.5. The van der Waals surface area contributed by atoms with E-state index in [1.54, 1.807) is 7.11 Å². The summed E-state index contributed by atoms with van der Waals surface area (Å²) in [7, 11) is 3.59. The summed E-state index contributed by atoms with van der Waals surface area (Å²) in [6.45, 7) is 2.93. The topological polar surface area (TPSA) is 59.7 Å². The lowest BCUT2D eigenvalue weighted by Crippen LogP contribution is -2.41. The van der Waals surface area contributed by atoms with Gasteiger partial charge in [-0.1, -0.05) is 24.3 Å². The van der Waals surface area contributed by atoms with Crippen LogP contribution in [0.25, 0.3) is 11.1 Å². The minimum Gasteiger partial charge on any atom is -0.496 e. The van der Waals surface area contributed by atoms with E-state index in [1.807, 2.05) is 13.2 Å². The van der Waals surface area contributed by atoms with Crippen molar-refractivity contribution in [2.45, 2.75) is 83.1 Å². The van der Waals surface area contributed by atoms with E-state index in [-0.39, 0.29) is 5.92 Å². The van der Waals surface area contributed by atoms with Crippen LogP contribution < -0.4 is 9.64 Å². The van der Waals surface area contributed by atoms with Crippen molar-refractivity contribution >= 4 is 17.8 Å². The summed E-state index contributed by atoms with van der Waals surface area (Å²) in [6, 6.07) is 15.8. The third-order valence-electron chi connectivity index (χ3n) is 9.94. The highest BCUT2D eigenvalue weighted by Crippen LogP contribution is 2.40.